The molecule has 1 heterocycles. The van der Waals surface area contributed by atoms with Crippen molar-refractivity contribution in [3.63, 3.8) is 0 Å². The zero-order valence-electron chi connectivity index (χ0n) is 10.8. The van der Waals surface area contributed by atoms with Gasteiger partial charge in [-0.3, -0.25) is 4.98 Å². The zero-order valence-corrected chi connectivity index (χ0v) is 10.8. The first-order valence-corrected chi connectivity index (χ1v) is 6.46. The number of rotatable bonds is 2. The number of aryl methyl sites for hydroxylation is 1. The fourth-order valence-electron chi connectivity index (χ4n) is 2.58. The summed E-state index contributed by atoms with van der Waals surface area (Å²) in [6, 6.07) is 13.5. The average Bonchev–Trinajstić information content (AvgIpc) is 2.90. The summed E-state index contributed by atoms with van der Waals surface area (Å²) >= 11 is 0. The summed E-state index contributed by atoms with van der Waals surface area (Å²) in [4.78, 5) is 4.43. The largest absolute Gasteiger partial charge is 0.377 e. The van der Waals surface area contributed by atoms with Gasteiger partial charge in [-0.2, -0.15) is 10.5 Å². The quantitative estimate of drug-likeness (QED) is 0.901. The van der Waals surface area contributed by atoms with E-state index in [4.69, 9.17) is 10.5 Å². The van der Waals surface area contributed by atoms with Gasteiger partial charge in [-0.1, -0.05) is 6.07 Å². The molecular weight excluding hydrogens is 248 g/mol. The molecule has 0 fully saturated rings. The molecule has 0 bridgehead atoms. The van der Waals surface area contributed by atoms with Crippen molar-refractivity contribution >= 4 is 5.69 Å². The van der Waals surface area contributed by atoms with Crippen LogP contribution < -0.4 is 5.32 Å². The van der Waals surface area contributed by atoms with Gasteiger partial charge < -0.3 is 5.32 Å². The van der Waals surface area contributed by atoms with Crippen molar-refractivity contribution in [1.29, 1.82) is 10.5 Å². The van der Waals surface area contributed by atoms with Crippen molar-refractivity contribution in [2.75, 3.05) is 5.32 Å². The molecule has 0 aliphatic heterocycles. The Morgan fingerprint density at radius 2 is 2.00 bits per heavy atom. The molecule has 0 saturated heterocycles. The van der Waals surface area contributed by atoms with Crippen molar-refractivity contribution in [3.05, 3.63) is 58.9 Å². The van der Waals surface area contributed by atoms with E-state index in [0.29, 0.717) is 11.1 Å². The third kappa shape index (κ3) is 2.08. The van der Waals surface area contributed by atoms with E-state index in [1.165, 1.54) is 5.56 Å². The number of nitrogens with zero attached hydrogens (tertiary/aromatic N) is 3. The lowest BCUT2D eigenvalue weighted by atomic mass is 10.1. The summed E-state index contributed by atoms with van der Waals surface area (Å²) in [7, 11) is 0. The van der Waals surface area contributed by atoms with Crippen LogP contribution in [0.3, 0.4) is 0 Å². The van der Waals surface area contributed by atoms with Crippen LogP contribution in [-0.2, 0) is 6.42 Å². The number of hydrogen-bond donors (Lipinski definition) is 1. The van der Waals surface area contributed by atoms with Crippen LogP contribution in [0.2, 0.25) is 0 Å². The molecule has 1 aromatic heterocycles. The minimum Gasteiger partial charge on any atom is -0.377 e. The van der Waals surface area contributed by atoms with Gasteiger partial charge in [-0.25, -0.2) is 0 Å². The van der Waals surface area contributed by atoms with Crippen LogP contribution in [0.1, 0.15) is 34.8 Å². The summed E-state index contributed by atoms with van der Waals surface area (Å²) in [5.74, 6) is 0. The molecule has 1 N–H and O–H groups in total. The summed E-state index contributed by atoms with van der Waals surface area (Å²) in [6.45, 7) is 0. The Morgan fingerprint density at radius 1 is 1.15 bits per heavy atom. The highest BCUT2D eigenvalue weighted by atomic mass is 15.0. The van der Waals surface area contributed by atoms with Crippen LogP contribution in [0, 0.1) is 22.7 Å². The lowest BCUT2D eigenvalue weighted by Gasteiger charge is -2.15. The van der Waals surface area contributed by atoms with Crippen LogP contribution in [0.15, 0.2) is 36.5 Å². The highest BCUT2D eigenvalue weighted by Gasteiger charge is 2.23. The first-order chi connectivity index (χ1) is 9.81. The molecule has 0 radical (unpaired) electrons. The second-order valence-electron chi connectivity index (χ2n) is 4.77. The predicted molar refractivity (Wildman–Crippen MR) is 74.8 cm³/mol. The summed E-state index contributed by atoms with van der Waals surface area (Å²) < 4.78 is 0. The number of aromatic nitrogens is 1. The predicted octanol–water partition coefficient (Wildman–Crippen LogP) is 2.92. The summed E-state index contributed by atoms with van der Waals surface area (Å²) in [5, 5.41) is 21.4. The van der Waals surface area contributed by atoms with Crippen molar-refractivity contribution in [2.24, 2.45) is 0 Å². The molecule has 96 valence electrons. The Bertz CT molecular complexity index is 737. The van der Waals surface area contributed by atoms with Crippen molar-refractivity contribution in [2.45, 2.75) is 18.9 Å². The monoisotopic (exact) mass is 260 g/mol. The average molecular weight is 260 g/mol. The van der Waals surface area contributed by atoms with Crippen LogP contribution in [0.25, 0.3) is 0 Å². The molecule has 4 nitrogen and oxygen atoms in total. The van der Waals surface area contributed by atoms with Crippen LogP contribution in [0.4, 0.5) is 5.69 Å². The van der Waals surface area contributed by atoms with E-state index in [0.717, 1.165) is 24.2 Å². The lowest BCUT2D eigenvalue weighted by molar-refractivity contribution is 0.746. The standard InChI is InChI=1S/C16H12N4/c17-9-12-3-5-14(8-13(12)10-18)20-15-6-4-11-2-1-7-19-16(11)15/h1-3,5,7-8,15,20H,4,6H2. The fraction of sp³-hybridized carbons (Fsp3) is 0.188. The molecule has 4 heteroatoms. The van der Waals surface area contributed by atoms with Gasteiger partial charge in [0.25, 0.3) is 0 Å². The smallest absolute Gasteiger partial charge is 0.101 e. The van der Waals surface area contributed by atoms with Crippen molar-refractivity contribution < 1.29 is 0 Å². The second-order valence-corrected chi connectivity index (χ2v) is 4.77. The number of hydrogen-bond acceptors (Lipinski definition) is 4. The normalized spacial score (nSPS) is 16.0. The van der Waals surface area contributed by atoms with Gasteiger partial charge in [-0.15, -0.1) is 0 Å². The van der Waals surface area contributed by atoms with Crippen LogP contribution >= 0.6 is 0 Å². The van der Waals surface area contributed by atoms with E-state index in [1.54, 1.807) is 18.3 Å². The van der Waals surface area contributed by atoms with Gasteiger partial charge in [0.2, 0.25) is 0 Å². The Balaban J connectivity index is 1.87. The third-order valence-electron chi connectivity index (χ3n) is 3.56. The lowest BCUT2D eigenvalue weighted by Crippen LogP contribution is -2.08. The molecule has 2 aromatic rings. The maximum Gasteiger partial charge on any atom is 0.101 e. The minimum atomic E-state index is 0.172. The fourth-order valence-corrected chi connectivity index (χ4v) is 2.58. The van der Waals surface area contributed by atoms with Gasteiger partial charge in [0, 0.05) is 11.9 Å². The maximum absolute atomic E-state index is 9.05. The number of nitriles is 2. The number of pyridine rings is 1. The van der Waals surface area contributed by atoms with Gasteiger partial charge in [0.15, 0.2) is 0 Å². The molecule has 0 saturated carbocycles. The summed E-state index contributed by atoms with van der Waals surface area (Å²) in [5.41, 5.74) is 4.01. The van der Waals surface area contributed by atoms with E-state index < -0.39 is 0 Å². The zero-order chi connectivity index (χ0) is 13.9. The third-order valence-corrected chi connectivity index (χ3v) is 3.56. The van der Waals surface area contributed by atoms with E-state index in [-0.39, 0.29) is 6.04 Å². The maximum atomic E-state index is 9.05. The molecule has 1 aliphatic rings. The molecule has 1 atom stereocenters. The van der Waals surface area contributed by atoms with E-state index in [2.05, 4.69) is 22.4 Å². The number of fused-ring (bicyclic) bond motifs is 1. The van der Waals surface area contributed by atoms with E-state index >= 15 is 0 Å². The molecular formula is C16H12N4. The van der Waals surface area contributed by atoms with E-state index in [9.17, 15) is 0 Å². The van der Waals surface area contributed by atoms with E-state index in [1.807, 2.05) is 18.2 Å². The topological polar surface area (TPSA) is 72.5 Å². The van der Waals surface area contributed by atoms with Gasteiger partial charge in [0.1, 0.15) is 12.1 Å². The molecule has 20 heavy (non-hydrogen) atoms. The first kappa shape index (κ1) is 12.2. The molecule has 1 aromatic carbocycles. The van der Waals surface area contributed by atoms with Crippen LogP contribution in [0.5, 0.6) is 0 Å². The van der Waals surface area contributed by atoms with Gasteiger partial charge in [0.05, 0.1) is 22.9 Å². The first-order valence-electron chi connectivity index (χ1n) is 6.46. The van der Waals surface area contributed by atoms with Gasteiger partial charge >= 0.3 is 0 Å². The van der Waals surface area contributed by atoms with Crippen molar-refractivity contribution in [1.82, 2.24) is 4.98 Å². The molecule has 3 rings (SSSR count). The highest BCUT2D eigenvalue weighted by Crippen LogP contribution is 2.32. The Kier molecular flexibility index (Phi) is 3.07. The highest BCUT2D eigenvalue weighted by molar-refractivity contribution is 5.57. The Hall–Kier alpha value is -2.85. The molecule has 1 aliphatic carbocycles. The Labute approximate surface area is 117 Å². The molecule has 0 spiro atoms. The molecule has 1 unspecified atom stereocenters. The second kappa shape index (κ2) is 5.03. The molecule has 0 amide bonds. The minimum absolute atomic E-state index is 0.172. The number of nitrogens with one attached hydrogen (secondary N) is 1. The Morgan fingerprint density at radius 3 is 2.80 bits per heavy atom. The summed E-state index contributed by atoms with van der Waals surface area (Å²) in [6.07, 6.45) is 3.81. The SMILES string of the molecule is N#Cc1ccc(NC2CCc3cccnc32)cc1C#N. The number of benzene rings is 1. The van der Waals surface area contributed by atoms with Gasteiger partial charge in [-0.05, 0) is 42.7 Å². The van der Waals surface area contributed by atoms with Crippen molar-refractivity contribution in [3.8, 4) is 12.1 Å². The van der Waals surface area contributed by atoms with Crippen LogP contribution in [-0.4, -0.2) is 4.98 Å². The number of anilines is 1.